The van der Waals surface area contributed by atoms with E-state index >= 15 is 0 Å². The summed E-state index contributed by atoms with van der Waals surface area (Å²) in [5.74, 6) is 0.0379. The molecule has 0 radical (unpaired) electrons. The third kappa shape index (κ3) is 4.98. The zero-order valence-electron chi connectivity index (χ0n) is 13.6. The molecule has 0 unspecified atom stereocenters. The van der Waals surface area contributed by atoms with Crippen molar-refractivity contribution >= 4 is 50.7 Å². The summed E-state index contributed by atoms with van der Waals surface area (Å²) in [5.41, 5.74) is 1.75. The molecule has 0 aromatic heterocycles. The van der Waals surface area contributed by atoms with Gasteiger partial charge in [0.25, 0.3) is 0 Å². The Morgan fingerprint density at radius 3 is 2.52 bits per heavy atom. The molecule has 2 aromatic carbocycles. The van der Waals surface area contributed by atoms with Crippen molar-refractivity contribution in [2.24, 2.45) is 5.92 Å². The molecule has 0 bridgehead atoms. The first-order valence-electron chi connectivity index (χ1n) is 8.24. The summed E-state index contributed by atoms with van der Waals surface area (Å²) >= 11 is 15.9. The predicted octanol–water partition coefficient (Wildman–Crippen LogP) is 5.61. The normalized spacial score (nSPS) is 18.1. The summed E-state index contributed by atoms with van der Waals surface area (Å²) < 4.78 is 0.992. The van der Waals surface area contributed by atoms with E-state index in [0.717, 1.165) is 35.1 Å². The second-order valence-electron chi connectivity index (χ2n) is 6.27. The van der Waals surface area contributed by atoms with E-state index in [9.17, 15) is 4.79 Å². The highest BCUT2D eigenvalue weighted by molar-refractivity contribution is 9.10. The molecule has 1 saturated heterocycles. The molecule has 1 aliphatic rings. The zero-order valence-corrected chi connectivity index (χ0v) is 16.7. The van der Waals surface area contributed by atoms with Crippen molar-refractivity contribution in [3.8, 4) is 0 Å². The van der Waals surface area contributed by atoms with Crippen LogP contribution in [0.2, 0.25) is 10.0 Å². The Balaban J connectivity index is 1.62. The van der Waals surface area contributed by atoms with Gasteiger partial charge in [-0.2, -0.15) is 0 Å². The molecule has 0 spiro atoms. The lowest BCUT2D eigenvalue weighted by Gasteiger charge is -2.32. The quantitative estimate of drug-likeness (QED) is 0.668. The average molecular weight is 442 g/mol. The van der Waals surface area contributed by atoms with Crippen LogP contribution in [0.1, 0.15) is 18.4 Å². The first-order valence-corrected chi connectivity index (χ1v) is 9.79. The minimum absolute atomic E-state index is 0.0290. The minimum atomic E-state index is -0.0290. The van der Waals surface area contributed by atoms with Gasteiger partial charge in [-0.1, -0.05) is 45.2 Å². The first-order chi connectivity index (χ1) is 12.0. The van der Waals surface area contributed by atoms with Crippen LogP contribution < -0.4 is 5.32 Å². The molecule has 25 heavy (non-hydrogen) atoms. The van der Waals surface area contributed by atoms with Gasteiger partial charge in [-0.05, 0) is 55.8 Å². The maximum atomic E-state index is 12.6. The van der Waals surface area contributed by atoms with Crippen LogP contribution in [0.3, 0.4) is 0 Å². The van der Waals surface area contributed by atoms with Gasteiger partial charge in [-0.3, -0.25) is 9.69 Å². The predicted molar refractivity (Wildman–Crippen MR) is 107 cm³/mol. The van der Waals surface area contributed by atoms with Gasteiger partial charge in [0, 0.05) is 38.9 Å². The topological polar surface area (TPSA) is 32.3 Å². The number of hydrogen-bond acceptors (Lipinski definition) is 2. The number of carbonyl (C=O) groups is 1. The number of piperidine rings is 1. The van der Waals surface area contributed by atoms with Crippen LogP contribution in [-0.2, 0) is 11.3 Å². The van der Waals surface area contributed by atoms with Crippen molar-refractivity contribution in [3.63, 3.8) is 0 Å². The van der Waals surface area contributed by atoms with Crippen LogP contribution >= 0.6 is 39.1 Å². The number of amides is 1. The maximum Gasteiger partial charge on any atom is 0.228 e. The number of carbonyl (C=O) groups excluding carboxylic acids is 1. The van der Waals surface area contributed by atoms with Gasteiger partial charge in [0.2, 0.25) is 5.91 Å². The number of halogens is 3. The summed E-state index contributed by atoms with van der Waals surface area (Å²) in [6, 6.07) is 13.2. The highest BCUT2D eigenvalue weighted by atomic mass is 79.9. The Labute approximate surface area is 166 Å². The highest BCUT2D eigenvalue weighted by Gasteiger charge is 2.26. The SMILES string of the molecule is O=C(Nc1ccc(Br)cc1)[C@@H]1CCCN(Cc2c(Cl)cccc2Cl)C1. The van der Waals surface area contributed by atoms with Crippen LogP contribution in [0.25, 0.3) is 0 Å². The summed E-state index contributed by atoms with van der Waals surface area (Å²) in [5, 5.41) is 4.36. The molecule has 3 rings (SSSR count). The fraction of sp³-hybridized carbons (Fsp3) is 0.316. The fourth-order valence-corrected chi connectivity index (χ4v) is 3.88. The molecule has 1 N–H and O–H groups in total. The second-order valence-corrected chi connectivity index (χ2v) is 8.00. The van der Waals surface area contributed by atoms with Crippen molar-refractivity contribution in [1.82, 2.24) is 4.90 Å². The third-order valence-electron chi connectivity index (χ3n) is 4.43. The molecule has 3 nitrogen and oxygen atoms in total. The molecule has 0 saturated carbocycles. The number of hydrogen-bond donors (Lipinski definition) is 1. The molecule has 0 aliphatic carbocycles. The number of rotatable bonds is 4. The van der Waals surface area contributed by atoms with Crippen LogP contribution in [0.5, 0.6) is 0 Å². The summed E-state index contributed by atoms with van der Waals surface area (Å²) in [6.45, 7) is 2.33. The Hall–Kier alpha value is -1.07. The average Bonchev–Trinajstić information content (AvgIpc) is 2.60. The minimum Gasteiger partial charge on any atom is -0.326 e. The van der Waals surface area contributed by atoms with E-state index in [0.29, 0.717) is 23.1 Å². The molecule has 1 fully saturated rings. The summed E-state index contributed by atoms with van der Waals surface area (Å²) in [4.78, 5) is 14.8. The molecule has 6 heteroatoms. The van der Waals surface area contributed by atoms with E-state index in [1.165, 1.54) is 0 Å². The second kappa shape index (κ2) is 8.54. The Kier molecular flexibility index (Phi) is 6.39. The Morgan fingerprint density at radius 1 is 1.16 bits per heavy atom. The molecular formula is C19H19BrCl2N2O. The van der Waals surface area contributed by atoms with Crippen LogP contribution in [0, 0.1) is 5.92 Å². The number of nitrogens with one attached hydrogen (secondary N) is 1. The third-order valence-corrected chi connectivity index (χ3v) is 5.67. The Morgan fingerprint density at radius 2 is 1.84 bits per heavy atom. The van der Waals surface area contributed by atoms with Crippen molar-refractivity contribution in [2.45, 2.75) is 19.4 Å². The maximum absolute atomic E-state index is 12.6. The fourth-order valence-electron chi connectivity index (χ4n) is 3.10. The largest absolute Gasteiger partial charge is 0.326 e. The molecular weight excluding hydrogens is 423 g/mol. The van der Waals surface area contributed by atoms with E-state index < -0.39 is 0 Å². The van der Waals surface area contributed by atoms with Crippen LogP contribution in [-0.4, -0.2) is 23.9 Å². The zero-order chi connectivity index (χ0) is 17.8. The molecule has 1 amide bonds. The van der Waals surface area contributed by atoms with Gasteiger partial charge >= 0.3 is 0 Å². The molecule has 1 heterocycles. The van der Waals surface area contributed by atoms with E-state index in [1.54, 1.807) is 0 Å². The summed E-state index contributed by atoms with van der Waals surface area (Å²) in [6.07, 6.45) is 1.88. The number of anilines is 1. The first kappa shape index (κ1) is 18.7. The van der Waals surface area contributed by atoms with Gasteiger partial charge in [0.05, 0.1) is 5.92 Å². The van der Waals surface area contributed by atoms with Crippen molar-refractivity contribution in [3.05, 3.63) is 62.5 Å². The monoisotopic (exact) mass is 440 g/mol. The lowest BCUT2D eigenvalue weighted by atomic mass is 9.96. The van der Waals surface area contributed by atoms with Crippen molar-refractivity contribution in [2.75, 3.05) is 18.4 Å². The van der Waals surface area contributed by atoms with Gasteiger partial charge in [-0.25, -0.2) is 0 Å². The standard InChI is InChI=1S/C19H19BrCl2N2O/c20-14-6-8-15(9-7-14)23-19(25)13-3-2-10-24(11-13)12-16-17(21)4-1-5-18(16)22/h1,4-9,13H,2-3,10-12H2,(H,23,25)/t13-/m1/s1. The van der Waals surface area contributed by atoms with Crippen molar-refractivity contribution in [1.29, 1.82) is 0 Å². The van der Waals surface area contributed by atoms with Gasteiger partial charge in [0.15, 0.2) is 0 Å². The van der Waals surface area contributed by atoms with Gasteiger partial charge < -0.3 is 5.32 Å². The number of likely N-dealkylation sites (tertiary alicyclic amines) is 1. The van der Waals surface area contributed by atoms with E-state index in [4.69, 9.17) is 23.2 Å². The molecule has 1 atom stereocenters. The number of nitrogens with zero attached hydrogens (tertiary/aromatic N) is 1. The number of benzene rings is 2. The smallest absolute Gasteiger partial charge is 0.228 e. The van der Waals surface area contributed by atoms with Crippen molar-refractivity contribution < 1.29 is 4.79 Å². The van der Waals surface area contributed by atoms with E-state index in [-0.39, 0.29) is 11.8 Å². The Bertz CT molecular complexity index is 731. The molecule has 2 aromatic rings. The highest BCUT2D eigenvalue weighted by Crippen LogP contribution is 2.28. The lowest BCUT2D eigenvalue weighted by Crippen LogP contribution is -2.40. The molecule has 1 aliphatic heterocycles. The lowest BCUT2D eigenvalue weighted by molar-refractivity contribution is -0.121. The van der Waals surface area contributed by atoms with Gasteiger partial charge in [-0.15, -0.1) is 0 Å². The van der Waals surface area contributed by atoms with Crippen LogP contribution in [0.4, 0.5) is 5.69 Å². The van der Waals surface area contributed by atoms with E-state index in [2.05, 4.69) is 26.1 Å². The van der Waals surface area contributed by atoms with Crippen LogP contribution in [0.15, 0.2) is 46.9 Å². The summed E-state index contributed by atoms with van der Waals surface area (Å²) in [7, 11) is 0. The molecule has 132 valence electrons. The van der Waals surface area contributed by atoms with Gasteiger partial charge in [0.1, 0.15) is 0 Å². The van der Waals surface area contributed by atoms with E-state index in [1.807, 2.05) is 42.5 Å².